The van der Waals surface area contributed by atoms with Gasteiger partial charge in [-0.15, -0.1) is 11.3 Å². The summed E-state index contributed by atoms with van der Waals surface area (Å²) in [6, 6.07) is 9.39. The Balaban J connectivity index is 2.22. The van der Waals surface area contributed by atoms with Crippen molar-refractivity contribution in [3.05, 3.63) is 55.9 Å². The SMILES string of the molecule is CCc1ccc(CC(NC)c2cc(Br)ccc2F)s1. The summed E-state index contributed by atoms with van der Waals surface area (Å²) in [5.41, 5.74) is 0.711. The van der Waals surface area contributed by atoms with E-state index in [1.807, 2.05) is 24.5 Å². The highest BCUT2D eigenvalue weighted by atomic mass is 79.9. The molecule has 1 aromatic carbocycles. The molecule has 0 amide bonds. The van der Waals surface area contributed by atoms with Gasteiger partial charge in [0, 0.05) is 32.3 Å². The minimum absolute atomic E-state index is 0.000793. The number of benzene rings is 1. The zero-order valence-corrected chi connectivity index (χ0v) is 13.4. The van der Waals surface area contributed by atoms with Gasteiger partial charge in [-0.3, -0.25) is 0 Å². The van der Waals surface area contributed by atoms with Crippen molar-refractivity contribution in [3.8, 4) is 0 Å². The average Bonchev–Trinajstić information content (AvgIpc) is 2.87. The number of nitrogens with one attached hydrogen (secondary N) is 1. The molecule has 0 aliphatic carbocycles. The molecule has 1 aromatic heterocycles. The van der Waals surface area contributed by atoms with Crippen LogP contribution in [-0.4, -0.2) is 7.05 Å². The van der Waals surface area contributed by atoms with Gasteiger partial charge in [0.2, 0.25) is 0 Å². The van der Waals surface area contributed by atoms with Crippen molar-refractivity contribution in [3.63, 3.8) is 0 Å². The van der Waals surface area contributed by atoms with Crippen LogP contribution in [0.15, 0.2) is 34.8 Å². The molecule has 0 bridgehead atoms. The van der Waals surface area contributed by atoms with E-state index in [4.69, 9.17) is 0 Å². The van der Waals surface area contributed by atoms with Crippen molar-refractivity contribution in [2.75, 3.05) is 7.05 Å². The van der Waals surface area contributed by atoms with E-state index in [1.54, 1.807) is 6.07 Å². The fourth-order valence-corrected chi connectivity index (χ4v) is 3.45. The summed E-state index contributed by atoms with van der Waals surface area (Å²) >= 11 is 5.21. The summed E-state index contributed by atoms with van der Waals surface area (Å²) in [5.74, 6) is -0.158. The number of rotatable bonds is 5. The van der Waals surface area contributed by atoms with Gasteiger partial charge in [0.25, 0.3) is 0 Å². The Bertz CT molecular complexity index is 553. The Hall–Kier alpha value is -0.710. The summed E-state index contributed by atoms with van der Waals surface area (Å²) in [6.07, 6.45) is 1.87. The van der Waals surface area contributed by atoms with E-state index in [0.717, 1.165) is 17.3 Å². The van der Waals surface area contributed by atoms with E-state index in [0.29, 0.717) is 5.56 Å². The second-order valence-corrected chi connectivity index (χ2v) is 6.60. The molecule has 0 aliphatic rings. The summed E-state index contributed by atoms with van der Waals surface area (Å²) in [4.78, 5) is 2.66. The number of halogens is 2. The average molecular weight is 342 g/mol. The maximum atomic E-state index is 13.9. The number of hydrogen-bond donors (Lipinski definition) is 1. The molecule has 0 spiro atoms. The molecule has 1 heterocycles. The van der Waals surface area contributed by atoms with E-state index in [2.05, 4.69) is 40.3 Å². The van der Waals surface area contributed by atoms with Crippen LogP contribution < -0.4 is 5.32 Å². The van der Waals surface area contributed by atoms with Crippen LogP contribution in [0, 0.1) is 5.82 Å². The lowest BCUT2D eigenvalue weighted by Crippen LogP contribution is -2.19. The molecule has 2 rings (SSSR count). The van der Waals surface area contributed by atoms with E-state index < -0.39 is 0 Å². The number of aryl methyl sites for hydroxylation is 1. The van der Waals surface area contributed by atoms with Crippen molar-refractivity contribution in [1.82, 2.24) is 5.32 Å². The maximum Gasteiger partial charge on any atom is 0.128 e. The lowest BCUT2D eigenvalue weighted by atomic mass is 10.0. The first-order valence-corrected chi connectivity index (χ1v) is 7.94. The van der Waals surface area contributed by atoms with Crippen molar-refractivity contribution < 1.29 is 4.39 Å². The van der Waals surface area contributed by atoms with Gasteiger partial charge in [0.15, 0.2) is 0 Å². The topological polar surface area (TPSA) is 12.0 Å². The summed E-state index contributed by atoms with van der Waals surface area (Å²) in [5, 5.41) is 3.21. The van der Waals surface area contributed by atoms with Crippen LogP contribution in [-0.2, 0) is 12.8 Å². The van der Waals surface area contributed by atoms with Crippen LogP contribution >= 0.6 is 27.3 Å². The summed E-state index contributed by atoms with van der Waals surface area (Å²) in [6.45, 7) is 2.15. The number of likely N-dealkylation sites (N-methyl/N-ethyl adjacent to an activating group) is 1. The van der Waals surface area contributed by atoms with Crippen molar-refractivity contribution in [2.45, 2.75) is 25.8 Å². The molecule has 0 fully saturated rings. The quantitative estimate of drug-likeness (QED) is 0.829. The molecule has 102 valence electrons. The van der Waals surface area contributed by atoms with Crippen molar-refractivity contribution in [1.29, 1.82) is 0 Å². The second-order valence-electron chi connectivity index (χ2n) is 4.43. The standard InChI is InChI=1S/C15H17BrFNS/c1-3-11-5-6-12(19-11)9-15(18-2)13-8-10(16)4-7-14(13)17/h4-8,15,18H,3,9H2,1-2H3. The third-order valence-corrected chi connectivity index (χ3v) is 4.90. The van der Waals surface area contributed by atoms with Crippen molar-refractivity contribution in [2.24, 2.45) is 0 Å². The fraction of sp³-hybridized carbons (Fsp3) is 0.333. The second kappa shape index (κ2) is 6.64. The predicted octanol–water partition coefficient (Wildman–Crippen LogP) is 4.72. The first kappa shape index (κ1) is 14.7. The normalized spacial score (nSPS) is 12.6. The van der Waals surface area contributed by atoms with Crippen molar-refractivity contribution >= 4 is 27.3 Å². The molecular weight excluding hydrogens is 325 g/mol. The minimum Gasteiger partial charge on any atom is -0.313 e. The van der Waals surface area contributed by atoms with Crippen LogP contribution in [0.4, 0.5) is 4.39 Å². The van der Waals surface area contributed by atoms with E-state index >= 15 is 0 Å². The molecule has 0 saturated heterocycles. The lowest BCUT2D eigenvalue weighted by molar-refractivity contribution is 0.536. The smallest absolute Gasteiger partial charge is 0.128 e. The predicted molar refractivity (Wildman–Crippen MR) is 83.3 cm³/mol. The summed E-state index contributed by atoms with van der Waals surface area (Å²) in [7, 11) is 1.87. The zero-order valence-electron chi connectivity index (χ0n) is 11.0. The highest BCUT2D eigenvalue weighted by molar-refractivity contribution is 9.10. The van der Waals surface area contributed by atoms with Crippen LogP contribution in [0.1, 0.15) is 28.3 Å². The Morgan fingerprint density at radius 2 is 2.00 bits per heavy atom. The Labute approximate surface area is 126 Å². The first-order valence-electron chi connectivity index (χ1n) is 6.33. The molecule has 1 atom stereocenters. The van der Waals surface area contributed by atoms with E-state index in [1.165, 1.54) is 15.8 Å². The van der Waals surface area contributed by atoms with Gasteiger partial charge < -0.3 is 5.32 Å². The Morgan fingerprint density at radius 1 is 1.26 bits per heavy atom. The molecule has 1 N–H and O–H groups in total. The largest absolute Gasteiger partial charge is 0.313 e. The van der Waals surface area contributed by atoms with Gasteiger partial charge in [-0.2, -0.15) is 0 Å². The highest BCUT2D eigenvalue weighted by Crippen LogP contribution is 2.27. The minimum atomic E-state index is -0.158. The monoisotopic (exact) mass is 341 g/mol. The molecule has 0 saturated carbocycles. The Kier molecular flexibility index (Phi) is 5.13. The first-order chi connectivity index (χ1) is 9.13. The van der Waals surface area contributed by atoms with Gasteiger partial charge in [0.1, 0.15) is 5.82 Å². The molecule has 4 heteroatoms. The van der Waals surface area contributed by atoms with Crippen LogP contribution in [0.5, 0.6) is 0 Å². The fourth-order valence-electron chi connectivity index (χ4n) is 2.07. The molecule has 0 radical (unpaired) electrons. The van der Waals surface area contributed by atoms with Gasteiger partial charge >= 0.3 is 0 Å². The number of hydrogen-bond acceptors (Lipinski definition) is 2. The highest BCUT2D eigenvalue weighted by Gasteiger charge is 2.16. The third-order valence-electron chi connectivity index (χ3n) is 3.15. The molecule has 1 nitrogen and oxygen atoms in total. The molecule has 19 heavy (non-hydrogen) atoms. The van der Waals surface area contributed by atoms with Gasteiger partial charge in [-0.05, 0) is 43.8 Å². The number of thiophene rings is 1. The molecule has 0 aliphatic heterocycles. The zero-order chi connectivity index (χ0) is 13.8. The maximum absolute atomic E-state index is 13.9. The van der Waals surface area contributed by atoms with Crippen LogP contribution in [0.25, 0.3) is 0 Å². The molecule has 2 aromatic rings. The molecule has 1 unspecified atom stereocenters. The van der Waals surface area contributed by atoms with Gasteiger partial charge in [0.05, 0.1) is 0 Å². The summed E-state index contributed by atoms with van der Waals surface area (Å²) < 4.78 is 14.8. The van der Waals surface area contributed by atoms with Crippen LogP contribution in [0.3, 0.4) is 0 Å². The molecular formula is C15H17BrFNS. The van der Waals surface area contributed by atoms with Gasteiger partial charge in [-0.1, -0.05) is 22.9 Å². The van der Waals surface area contributed by atoms with E-state index in [-0.39, 0.29) is 11.9 Å². The van der Waals surface area contributed by atoms with E-state index in [9.17, 15) is 4.39 Å². The lowest BCUT2D eigenvalue weighted by Gasteiger charge is -2.17. The third kappa shape index (κ3) is 3.65. The van der Waals surface area contributed by atoms with Gasteiger partial charge in [-0.25, -0.2) is 4.39 Å². The Morgan fingerprint density at radius 3 is 2.63 bits per heavy atom. The van der Waals surface area contributed by atoms with Crippen LogP contribution in [0.2, 0.25) is 0 Å².